The number of hydrogen-bond acceptors (Lipinski definition) is 4. The van der Waals surface area contributed by atoms with E-state index in [1.165, 1.54) is 0 Å². The minimum absolute atomic E-state index is 0.278. The first-order chi connectivity index (χ1) is 9.66. The van der Waals surface area contributed by atoms with Gasteiger partial charge in [-0.05, 0) is 26.0 Å². The molecule has 2 heterocycles. The molecule has 0 bridgehead atoms. The standard InChI is InChI=1S/C15H20N4O/c1-11(2)19-15(16)12(9-17-19)10-18-7-8-20-14-6-4-3-5-13(14)18/h3-6,9,11H,7-8,10,16H2,1-2H3. The van der Waals surface area contributed by atoms with Gasteiger partial charge < -0.3 is 15.4 Å². The largest absolute Gasteiger partial charge is 0.490 e. The molecule has 0 unspecified atom stereocenters. The van der Waals surface area contributed by atoms with Crippen molar-refractivity contribution >= 4 is 11.5 Å². The van der Waals surface area contributed by atoms with Gasteiger partial charge in [-0.25, -0.2) is 4.68 Å². The van der Waals surface area contributed by atoms with Gasteiger partial charge in [-0.2, -0.15) is 5.10 Å². The van der Waals surface area contributed by atoms with Gasteiger partial charge in [0.1, 0.15) is 18.2 Å². The summed E-state index contributed by atoms with van der Waals surface area (Å²) >= 11 is 0. The maximum atomic E-state index is 6.18. The molecule has 0 radical (unpaired) electrons. The van der Waals surface area contributed by atoms with Crippen molar-refractivity contribution in [3.05, 3.63) is 36.0 Å². The second kappa shape index (κ2) is 5.07. The zero-order valence-corrected chi connectivity index (χ0v) is 11.9. The van der Waals surface area contributed by atoms with Gasteiger partial charge in [0.05, 0.1) is 18.4 Å². The highest BCUT2D eigenvalue weighted by molar-refractivity contribution is 5.60. The Balaban J connectivity index is 1.86. The number of anilines is 2. The van der Waals surface area contributed by atoms with Crippen LogP contribution < -0.4 is 15.4 Å². The molecule has 0 saturated carbocycles. The minimum atomic E-state index is 0.278. The van der Waals surface area contributed by atoms with Crippen LogP contribution in [-0.4, -0.2) is 22.9 Å². The highest BCUT2D eigenvalue weighted by Gasteiger charge is 2.20. The number of nitrogens with two attached hydrogens (primary N) is 1. The highest BCUT2D eigenvalue weighted by atomic mass is 16.5. The van der Waals surface area contributed by atoms with Crippen LogP contribution in [0.2, 0.25) is 0 Å². The molecule has 0 amide bonds. The Morgan fingerprint density at radius 1 is 1.35 bits per heavy atom. The third kappa shape index (κ3) is 2.19. The van der Waals surface area contributed by atoms with Crippen LogP contribution in [0, 0.1) is 0 Å². The minimum Gasteiger partial charge on any atom is -0.490 e. The van der Waals surface area contributed by atoms with Crippen molar-refractivity contribution in [1.82, 2.24) is 9.78 Å². The number of nitrogens with zero attached hydrogens (tertiary/aromatic N) is 3. The zero-order chi connectivity index (χ0) is 14.1. The quantitative estimate of drug-likeness (QED) is 0.932. The van der Waals surface area contributed by atoms with Crippen LogP contribution in [0.4, 0.5) is 11.5 Å². The number of benzene rings is 1. The van der Waals surface area contributed by atoms with Gasteiger partial charge in [0.25, 0.3) is 0 Å². The third-order valence-electron chi connectivity index (χ3n) is 3.59. The molecule has 20 heavy (non-hydrogen) atoms. The van der Waals surface area contributed by atoms with Crippen molar-refractivity contribution in [1.29, 1.82) is 0 Å². The Kier molecular flexibility index (Phi) is 3.26. The van der Waals surface area contributed by atoms with Crippen LogP contribution in [0.3, 0.4) is 0 Å². The fourth-order valence-corrected chi connectivity index (χ4v) is 2.54. The van der Waals surface area contributed by atoms with E-state index >= 15 is 0 Å². The lowest BCUT2D eigenvalue weighted by Crippen LogP contribution is -2.32. The SMILES string of the molecule is CC(C)n1ncc(CN2CCOc3ccccc32)c1N. The first-order valence-electron chi connectivity index (χ1n) is 6.95. The highest BCUT2D eigenvalue weighted by Crippen LogP contribution is 2.32. The number of fused-ring (bicyclic) bond motifs is 1. The summed E-state index contributed by atoms with van der Waals surface area (Å²) < 4.78 is 7.53. The molecule has 2 aromatic rings. The molecule has 1 aliphatic rings. The molecule has 0 spiro atoms. The lowest BCUT2D eigenvalue weighted by molar-refractivity contribution is 0.307. The molecular formula is C15H20N4O. The first-order valence-corrected chi connectivity index (χ1v) is 6.95. The van der Waals surface area contributed by atoms with Crippen molar-refractivity contribution in [3.8, 4) is 5.75 Å². The lowest BCUT2D eigenvalue weighted by atomic mass is 10.2. The van der Waals surface area contributed by atoms with Gasteiger partial charge in [-0.15, -0.1) is 0 Å². The smallest absolute Gasteiger partial charge is 0.142 e. The Labute approximate surface area is 118 Å². The number of aromatic nitrogens is 2. The van der Waals surface area contributed by atoms with Crippen LogP contribution >= 0.6 is 0 Å². The maximum Gasteiger partial charge on any atom is 0.142 e. The summed E-state index contributed by atoms with van der Waals surface area (Å²) in [5.41, 5.74) is 8.37. The average molecular weight is 272 g/mol. The van der Waals surface area contributed by atoms with Crippen LogP contribution in [0.5, 0.6) is 5.75 Å². The Morgan fingerprint density at radius 2 is 2.15 bits per heavy atom. The molecule has 2 N–H and O–H groups in total. The number of para-hydroxylation sites is 2. The predicted molar refractivity (Wildman–Crippen MR) is 80.0 cm³/mol. The molecule has 5 nitrogen and oxygen atoms in total. The van der Waals surface area contributed by atoms with Crippen LogP contribution in [-0.2, 0) is 6.54 Å². The molecule has 1 aromatic carbocycles. The number of hydrogen-bond donors (Lipinski definition) is 1. The van der Waals surface area contributed by atoms with E-state index in [0.29, 0.717) is 6.61 Å². The number of rotatable bonds is 3. The molecule has 0 fully saturated rings. The molecule has 0 aliphatic carbocycles. The molecule has 5 heteroatoms. The van der Waals surface area contributed by atoms with Crippen molar-refractivity contribution in [3.63, 3.8) is 0 Å². The molecule has 0 atom stereocenters. The maximum absolute atomic E-state index is 6.18. The van der Waals surface area contributed by atoms with E-state index in [0.717, 1.165) is 35.9 Å². The van der Waals surface area contributed by atoms with Gasteiger partial charge in [-0.3, -0.25) is 0 Å². The van der Waals surface area contributed by atoms with E-state index in [1.807, 2.05) is 29.1 Å². The van der Waals surface area contributed by atoms with Crippen molar-refractivity contribution in [2.75, 3.05) is 23.8 Å². The van der Waals surface area contributed by atoms with Crippen molar-refractivity contribution in [2.45, 2.75) is 26.4 Å². The predicted octanol–water partition coefficient (Wildman–Crippen LogP) is 2.45. The fourth-order valence-electron chi connectivity index (χ4n) is 2.54. The summed E-state index contributed by atoms with van der Waals surface area (Å²) in [6.45, 7) is 6.49. The topological polar surface area (TPSA) is 56.3 Å². The Hall–Kier alpha value is -2.17. The summed E-state index contributed by atoms with van der Waals surface area (Å²) in [6, 6.07) is 8.38. The van der Waals surface area contributed by atoms with Gasteiger partial charge in [0, 0.05) is 18.2 Å². The van der Waals surface area contributed by atoms with E-state index in [1.54, 1.807) is 0 Å². The lowest BCUT2D eigenvalue weighted by Gasteiger charge is -2.31. The second-order valence-electron chi connectivity index (χ2n) is 5.33. The van der Waals surface area contributed by atoms with E-state index in [9.17, 15) is 0 Å². The number of nitrogen functional groups attached to an aromatic ring is 1. The normalized spacial score (nSPS) is 14.2. The van der Waals surface area contributed by atoms with Crippen LogP contribution in [0.15, 0.2) is 30.5 Å². The molecular weight excluding hydrogens is 252 g/mol. The molecule has 3 rings (SSSR count). The summed E-state index contributed by atoms with van der Waals surface area (Å²) in [7, 11) is 0. The molecule has 1 aromatic heterocycles. The van der Waals surface area contributed by atoms with Crippen molar-refractivity contribution < 1.29 is 4.74 Å². The fraction of sp³-hybridized carbons (Fsp3) is 0.400. The summed E-state index contributed by atoms with van der Waals surface area (Å²) in [5.74, 6) is 1.69. The summed E-state index contributed by atoms with van der Waals surface area (Å²) in [5, 5.41) is 4.37. The Morgan fingerprint density at radius 3 is 2.90 bits per heavy atom. The molecule has 1 aliphatic heterocycles. The second-order valence-corrected chi connectivity index (χ2v) is 5.33. The first kappa shape index (κ1) is 12.8. The van der Waals surface area contributed by atoms with Gasteiger partial charge in [-0.1, -0.05) is 12.1 Å². The number of ether oxygens (including phenoxy) is 1. The van der Waals surface area contributed by atoms with Gasteiger partial charge in [0.15, 0.2) is 0 Å². The van der Waals surface area contributed by atoms with E-state index in [4.69, 9.17) is 10.5 Å². The van der Waals surface area contributed by atoms with Crippen LogP contribution in [0.1, 0.15) is 25.5 Å². The summed E-state index contributed by atoms with van der Waals surface area (Å²) in [6.07, 6.45) is 1.87. The van der Waals surface area contributed by atoms with Crippen LogP contribution in [0.25, 0.3) is 0 Å². The van der Waals surface area contributed by atoms with E-state index < -0.39 is 0 Å². The average Bonchev–Trinajstić information content (AvgIpc) is 2.81. The zero-order valence-electron chi connectivity index (χ0n) is 11.9. The van der Waals surface area contributed by atoms with E-state index in [2.05, 4.69) is 29.9 Å². The van der Waals surface area contributed by atoms with Gasteiger partial charge in [0.2, 0.25) is 0 Å². The Bertz CT molecular complexity index is 606. The van der Waals surface area contributed by atoms with Gasteiger partial charge >= 0.3 is 0 Å². The molecule has 0 saturated heterocycles. The van der Waals surface area contributed by atoms with E-state index in [-0.39, 0.29) is 6.04 Å². The third-order valence-corrected chi connectivity index (χ3v) is 3.59. The summed E-state index contributed by atoms with van der Waals surface area (Å²) in [4.78, 5) is 2.29. The molecule has 106 valence electrons. The monoisotopic (exact) mass is 272 g/mol. The van der Waals surface area contributed by atoms with Crippen molar-refractivity contribution in [2.24, 2.45) is 0 Å².